The summed E-state index contributed by atoms with van der Waals surface area (Å²) in [5, 5.41) is 10.3. The van der Waals surface area contributed by atoms with E-state index < -0.39 is 70.7 Å². The van der Waals surface area contributed by atoms with E-state index in [0.717, 1.165) is 6.92 Å². The molecule has 0 saturated carbocycles. The maximum absolute atomic E-state index is 15.2. The summed E-state index contributed by atoms with van der Waals surface area (Å²) in [4.78, 5) is 60.2. The number of aromatic nitrogens is 2. The van der Waals surface area contributed by atoms with Crippen LogP contribution < -0.4 is 11.2 Å². The van der Waals surface area contributed by atoms with Crippen molar-refractivity contribution < 1.29 is 65.0 Å². The number of H-pyrrole nitrogens is 1. The Balaban J connectivity index is 2.26. The highest BCUT2D eigenvalue weighted by molar-refractivity contribution is 7.66. The molecule has 6 N–H and O–H groups in total. The molecule has 1 aromatic heterocycles. The summed E-state index contributed by atoms with van der Waals surface area (Å²) in [6.07, 6.45) is -4.04. The summed E-state index contributed by atoms with van der Waals surface area (Å²) in [7, 11) is -17.1. The van der Waals surface area contributed by atoms with Gasteiger partial charge in [-0.25, -0.2) is 22.9 Å². The molecule has 2 heterocycles. The SMILES string of the molecule is CC1(F)C(O)[C@](C)(COP(=O)(O)OP(=O)(O)OP(=O)(O)O)O[C@H]1n1cc(F)c(=O)[nH]c1=O. The van der Waals surface area contributed by atoms with Crippen LogP contribution in [0.4, 0.5) is 8.78 Å². The minimum atomic E-state index is -5.84. The average molecular weight is 532 g/mol. The van der Waals surface area contributed by atoms with Gasteiger partial charge in [-0.2, -0.15) is 13.0 Å². The summed E-state index contributed by atoms with van der Waals surface area (Å²) in [5.41, 5.74) is -7.91. The van der Waals surface area contributed by atoms with E-state index >= 15 is 4.39 Å². The molecule has 184 valence electrons. The number of aliphatic hydroxyl groups excluding tert-OH is 1. The highest BCUT2D eigenvalue weighted by Crippen LogP contribution is 2.66. The molecule has 1 aliphatic rings. The first-order chi connectivity index (χ1) is 14.2. The first-order valence-corrected chi connectivity index (χ1v) is 12.6. The Hall–Kier alpha value is -1.13. The van der Waals surface area contributed by atoms with Crippen LogP contribution in [-0.2, 0) is 31.6 Å². The molecule has 4 unspecified atom stereocenters. The van der Waals surface area contributed by atoms with E-state index in [1.807, 2.05) is 0 Å². The number of hydrogen-bond donors (Lipinski definition) is 6. The number of phosphoric acid groups is 3. The van der Waals surface area contributed by atoms with Gasteiger partial charge in [-0.05, 0) is 13.8 Å². The van der Waals surface area contributed by atoms with Crippen molar-refractivity contribution in [2.24, 2.45) is 0 Å². The Bertz CT molecular complexity index is 1150. The predicted octanol–water partition coefficient (Wildman–Crippen LogP) is -0.604. The van der Waals surface area contributed by atoms with Gasteiger partial charge in [-0.1, -0.05) is 0 Å². The third kappa shape index (κ3) is 6.05. The van der Waals surface area contributed by atoms with E-state index in [1.165, 1.54) is 0 Å². The lowest BCUT2D eigenvalue weighted by molar-refractivity contribution is -0.116. The molecule has 1 aliphatic heterocycles. The van der Waals surface area contributed by atoms with Crippen molar-refractivity contribution in [3.05, 3.63) is 32.9 Å². The molecule has 32 heavy (non-hydrogen) atoms. The van der Waals surface area contributed by atoms with Gasteiger partial charge >= 0.3 is 29.2 Å². The number of rotatable bonds is 8. The minimum Gasteiger partial charge on any atom is -0.386 e. The van der Waals surface area contributed by atoms with Crippen LogP contribution in [-0.4, -0.2) is 58.2 Å². The number of nitrogens with one attached hydrogen (secondary N) is 1. The lowest BCUT2D eigenvalue weighted by Gasteiger charge is -2.29. The Morgan fingerprint density at radius 3 is 2.25 bits per heavy atom. The first kappa shape index (κ1) is 27.1. The smallest absolute Gasteiger partial charge is 0.386 e. The van der Waals surface area contributed by atoms with Crippen LogP contribution in [0.15, 0.2) is 15.8 Å². The Morgan fingerprint density at radius 2 is 1.72 bits per heavy atom. The normalized spacial score (nSPS) is 32.4. The number of halogens is 2. The summed E-state index contributed by atoms with van der Waals surface area (Å²) >= 11 is 0. The fourth-order valence-corrected chi connectivity index (χ4v) is 5.87. The van der Waals surface area contributed by atoms with Crippen LogP contribution in [0.2, 0.25) is 0 Å². The zero-order chi connectivity index (χ0) is 24.9. The molecule has 0 amide bonds. The van der Waals surface area contributed by atoms with E-state index in [1.54, 1.807) is 4.98 Å². The van der Waals surface area contributed by atoms with E-state index in [-0.39, 0.29) is 4.57 Å². The molecular formula is C11H17F2N2O14P3. The summed E-state index contributed by atoms with van der Waals surface area (Å²) in [5.74, 6) is -1.50. The quantitative estimate of drug-likeness (QED) is 0.229. The van der Waals surface area contributed by atoms with Crippen molar-refractivity contribution in [2.75, 3.05) is 6.61 Å². The zero-order valence-corrected chi connectivity index (χ0v) is 18.6. The van der Waals surface area contributed by atoms with Crippen molar-refractivity contribution in [1.82, 2.24) is 9.55 Å². The maximum Gasteiger partial charge on any atom is 0.490 e. The van der Waals surface area contributed by atoms with Crippen LogP contribution in [0, 0.1) is 5.82 Å². The second-order valence-corrected chi connectivity index (χ2v) is 11.3. The number of aromatic amines is 1. The fourth-order valence-electron chi connectivity index (χ4n) is 2.76. The molecular weight excluding hydrogens is 515 g/mol. The Kier molecular flexibility index (Phi) is 7.27. The van der Waals surface area contributed by atoms with Gasteiger partial charge in [0, 0.05) is 0 Å². The van der Waals surface area contributed by atoms with E-state index in [0.29, 0.717) is 13.1 Å². The van der Waals surface area contributed by atoms with Crippen LogP contribution in [0.1, 0.15) is 20.1 Å². The molecule has 1 aromatic rings. The van der Waals surface area contributed by atoms with Gasteiger partial charge in [0.2, 0.25) is 5.82 Å². The van der Waals surface area contributed by atoms with Crippen molar-refractivity contribution in [3.63, 3.8) is 0 Å². The second-order valence-electron chi connectivity index (χ2n) is 6.84. The maximum atomic E-state index is 15.2. The van der Waals surface area contributed by atoms with Gasteiger partial charge in [-0.15, -0.1) is 0 Å². The van der Waals surface area contributed by atoms with Crippen LogP contribution >= 0.6 is 23.5 Å². The number of phosphoric ester groups is 1. The summed E-state index contributed by atoms with van der Waals surface area (Å²) < 4.78 is 79.3. The third-order valence-electron chi connectivity index (χ3n) is 4.08. The van der Waals surface area contributed by atoms with Crippen molar-refractivity contribution in [3.8, 4) is 0 Å². The minimum absolute atomic E-state index is 0.260. The molecule has 0 radical (unpaired) electrons. The number of hydrogen-bond acceptors (Lipinski definition) is 10. The van der Waals surface area contributed by atoms with Crippen molar-refractivity contribution >= 4 is 23.5 Å². The number of aliphatic hydroxyl groups is 1. The lowest BCUT2D eigenvalue weighted by Crippen LogP contribution is -2.48. The second kappa shape index (κ2) is 8.58. The molecule has 1 saturated heterocycles. The van der Waals surface area contributed by atoms with Gasteiger partial charge in [-0.3, -0.25) is 18.9 Å². The molecule has 2 rings (SSSR count). The van der Waals surface area contributed by atoms with Crippen LogP contribution in [0.5, 0.6) is 0 Å². The average Bonchev–Trinajstić information content (AvgIpc) is 2.74. The van der Waals surface area contributed by atoms with Crippen molar-refractivity contribution in [1.29, 1.82) is 0 Å². The molecule has 0 aliphatic carbocycles. The van der Waals surface area contributed by atoms with E-state index in [9.17, 15) is 37.7 Å². The van der Waals surface area contributed by atoms with Crippen LogP contribution in [0.3, 0.4) is 0 Å². The largest absolute Gasteiger partial charge is 0.490 e. The van der Waals surface area contributed by atoms with Crippen LogP contribution in [0.25, 0.3) is 0 Å². The summed E-state index contributed by atoms with van der Waals surface area (Å²) in [6.45, 7) is 0.357. The highest BCUT2D eigenvalue weighted by atomic mass is 31.3. The first-order valence-electron chi connectivity index (χ1n) is 8.03. The highest BCUT2D eigenvalue weighted by Gasteiger charge is 2.62. The molecule has 1 fully saturated rings. The van der Waals surface area contributed by atoms with Gasteiger partial charge < -0.3 is 29.4 Å². The van der Waals surface area contributed by atoms with E-state index in [4.69, 9.17) is 19.4 Å². The molecule has 0 bridgehead atoms. The molecule has 6 atom stereocenters. The topological polar surface area (TPSA) is 244 Å². The Morgan fingerprint density at radius 1 is 1.16 bits per heavy atom. The molecule has 21 heteroatoms. The predicted molar refractivity (Wildman–Crippen MR) is 95.1 cm³/mol. The van der Waals surface area contributed by atoms with Gasteiger partial charge in [0.15, 0.2) is 11.9 Å². The number of ether oxygens (including phenoxy) is 1. The van der Waals surface area contributed by atoms with Gasteiger partial charge in [0.25, 0.3) is 5.56 Å². The molecule has 16 nitrogen and oxygen atoms in total. The molecule has 0 spiro atoms. The Labute approximate surface area is 175 Å². The lowest BCUT2D eigenvalue weighted by atomic mass is 9.90. The third-order valence-corrected chi connectivity index (χ3v) is 7.87. The van der Waals surface area contributed by atoms with Gasteiger partial charge in [0.1, 0.15) is 11.7 Å². The summed E-state index contributed by atoms with van der Waals surface area (Å²) in [6, 6.07) is 0. The monoisotopic (exact) mass is 532 g/mol. The van der Waals surface area contributed by atoms with Crippen molar-refractivity contribution in [2.45, 2.75) is 37.4 Å². The molecule has 0 aromatic carbocycles. The number of alkyl halides is 1. The zero-order valence-electron chi connectivity index (χ0n) is 15.9. The standard InChI is InChI=1S/C11H17F2N2O14P3/c1-10(4-26-31(22,23)29-32(24,25)28-30(19,20)21)7(17)11(2,13)8(27-10)15-3-5(12)6(16)14-9(15)18/h3,7-8,17H,4H2,1-2H3,(H,22,23)(H,24,25)(H,14,16,18)(H2,19,20,21)/t7?,8-,10+,11?/m1/s1. The van der Waals surface area contributed by atoms with E-state index in [2.05, 4.69) is 13.1 Å². The van der Waals surface area contributed by atoms with Gasteiger partial charge in [0.05, 0.1) is 12.8 Å². The number of nitrogens with zero attached hydrogens (tertiary/aromatic N) is 1. The fraction of sp³-hybridized carbons (Fsp3) is 0.636.